The molecule has 1 heterocycles. The number of imidazole rings is 1. The lowest BCUT2D eigenvalue weighted by Crippen LogP contribution is -2.42. The molecular weight excluding hydrogens is 406 g/mol. The van der Waals surface area contributed by atoms with Crippen LogP contribution in [0.25, 0.3) is 11.4 Å². The van der Waals surface area contributed by atoms with Crippen molar-refractivity contribution in [3.8, 4) is 11.4 Å². The Morgan fingerprint density at radius 3 is 2.28 bits per heavy atom. The van der Waals surface area contributed by atoms with Crippen LogP contribution in [0, 0.1) is 15.5 Å². The van der Waals surface area contributed by atoms with E-state index in [-0.39, 0.29) is 18.0 Å². The van der Waals surface area contributed by atoms with Gasteiger partial charge in [0.2, 0.25) is 0 Å². The summed E-state index contributed by atoms with van der Waals surface area (Å²) in [5, 5.41) is 15.6. The molecule has 0 bridgehead atoms. The molecular formula is C24H28N5O3+. The fourth-order valence-electron chi connectivity index (χ4n) is 3.05. The van der Waals surface area contributed by atoms with E-state index in [4.69, 9.17) is 0 Å². The number of ketones is 1. The van der Waals surface area contributed by atoms with Gasteiger partial charge in [-0.05, 0) is 29.8 Å². The number of nitrogens with zero attached hydrogens (tertiary/aromatic N) is 5. The molecule has 32 heavy (non-hydrogen) atoms. The summed E-state index contributed by atoms with van der Waals surface area (Å²) >= 11 is 0. The number of carbonyl (C=O) groups is 1. The van der Waals surface area contributed by atoms with Crippen molar-refractivity contribution in [1.29, 1.82) is 0 Å². The maximum Gasteiger partial charge on any atom is 0.314 e. The molecule has 3 aromatic rings. The van der Waals surface area contributed by atoms with E-state index in [0.29, 0.717) is 5.82 Å². The molecule has 0 spiro atoms. The second-order valence-corrected chi connectivity index (χ2v) is 8.80. The van der Waals surface area contributed by atoms with E-state index in [1.807, 2.05) is 68.6 Å². The average molecular weight is 435 g/mol. The van der Waals surface area contributed by atoms with Gasteiger partial charge in [-0.1, -0.05) is 38.0 Å². The fraction of sp³-hybridized carbons (Fsp3) is 0.292. The molecule has 0 aliphatic heterocycles. The third kappa shape index (κ3) is 5.26. The van der Waals surface area contributed by atoms with E-state index in [2.05, 4.69) is 5.10 Å². The maximum atomic E-state index is 12.7. The predicted octanol–water partition coefficient (Wildman–Crippen LogP) is 3.91. The van der Waals surface area contributed by atoms with Gasteiger partial charge in [-0.15, -0.1) is 4.68 Å². The minimum atomic E-state index is -0.487. The summed E-state index contributed by atoms with van der Waals surface area (Å²) in [4.78, 5) is 25.3. The third-order valence-corrected chi connectivity index (χ3v) is 5.10. The molecule has 166 valence electrons. The van der Waals surface area contributed by atoms with E-state index in [0.717, 1.165) is 16.8 Å². The van der Waals surface area contributed by atoms with E-state index in [9.17, 15) is 14.9 Å². The largest absolute Gasteiger partial charge is 0.378 e. The van der Waals surface area contributed by atoms with Gasteiger partial charge < -0.3 is 4.90 Å². The monoisotopic (exact) mass is 434 g/mol. The summed E-state index contributed by atoms with van der Waals surface area (Å²) in [6, 6.07) is 14.2. The highest BCUT2D eigenvalue weighted by Gasteiger charge is 2.28. The zero-order chi connectivity index (χ0) is 23.5. The zero-order valence-electron chi connectivity index (χ0n) is 19.0. The first-order valence-electron chi connectivity index (χ1n) is 10.3. The number of carbonyl (C=O) groups excluding carboxylic acids is 1. The Hall–Kier alpha value is -3.81. The number of hydrogen-bond acceptors (Lipinski definition) is 5. The number of non-ortho nitro benzene ring substituents is 1. The normalized spacial score (nSPS) is 11.7. The summed E-state index contributed by atoms with van der Waals surface area (Å²) in [7, 11) is 3.97. The molecule has 2 aromatic carbocycles. The van der Waals surface area contributed by atoms with Gasteiger partial charge in [-0.3, -0.25) is 14.9 Å². The SMILES string of the molecule is CN(C)c1ccc(C=Nn2cc[n+](CC(=O)C(C)(C)C)c2-c2ccc([N+](=O)[O-])cc2)cc1. The van der Waals surface area contributed by atoms with Crippen LogP contribution < -0.4 is 9.47 Å². The van der Waals surface area contributed by atoms with Crippen molar-refractivity contribution in [3.63, 3.8) is 0 Å². The zero-order valence-corrected chi connectivity index (χ0v) is 19.0. The van der Waals surface area contributed by atoms with Gasteiger partial charge in [-0.25, -0.2) is 4.57 Å². The smallest absolute Gasteiger partial charge is 0.314 e. The predicted molar refractivity (Wildman–Crippen MR) is 125 cm³/mol. The van der Waals surface area contributed by atoms with Gasteiger partial charge in [0.1, 0.15) is 12.7 Å². The van der Waals surface area contributed by atoms with Gasteiger partial charge in [0.15, 0.2) is 12.0 Å². The van der Waals surface area contributed by atoms with Crippen LogP contribution in [0.15, 0.2) is 66.0 Å². The van der Waals surface area contributed by atoms with Crippen LogP contribution >= 0.6 is 0 Å². The van der Waals surface area contributed by atoms with Gasteiger partial charge in [0.05, 0.1) is 16.7 Å². The highest BCUT2D eigenvalue weighted by molar-refractivity contribution is 5.82. The quantitative estimate of drug-likeness (QED) is 0.244. The first kappa shape index (κ1) is 22.9. The van der Waals surface area contributed by atoms with Crippen molar-refractivity contribution >= 4 is 23.4 Å². The Bertz CT molecular complexity index is 1140. The average Bonchev–Trinajstić information content (AvgIpc) is 3.14. The van der Waals surface area contributed by atoms with Crippen LogP contribution in [0.4, 0.5) is 11.4 Å². The van der Waals surface area contributed by atoms with Crippen molar-refractivity contribution < 1.29 is 14.3 Å². The van der Waals surface area contributed by atoms with Crippen LogP contribution in [-0.2, 0) is 11.3 Å². The van der Waals surface area contributed by atoms with Crippen LogP contribution in [0.3, 0.4) is 0 Å². The van der Waals surface area contributed by atoms with Gasteiger partial charge in [0, 0.05) is 37.3 Å². The molecule has 3 rings (SSSR count). The number of nitro groups is 1. The van der Waals surface area contributed by atoms with Crippen molar-refractivity contribution in [1.82, 2.24) is 4.68 Å². The molecule has 0 N–H and O–H groups in total. The molecule has 0 aliphatic rings. The van der Waals surface area contributed by atoms with E-state index >= 15 is 0 Å². The highest BCUT2D eigenvalue weighted by Crippen LogP contribution is 2.22. The highest BCUT2D eigenvalue weighted by atomic mass is 16.6. The lowest BCUT2D eigenvalue weighted by molar-refractivity contribution is -0.673. The van der Waals surface area contributed by atoms with Gasteiger partial charge >= 0.3 is 5.82 Å². The van der Waals surface area contributed by atoms with Gasteiger partial charge in [0.25, 0.3) is 5.69 Å². The number of nitro benzene ring substituents is 1. The number of Topliss-reactive ketones (excluding diaryl/α,β-unsaturated/α-hetero) is 1. The summed E-state index contributed by atoms with van der Waals surface area (Å²) in [6.45, 7) is 5.83. The standard InChI is InChI=1S/C24H28N5O3/c1-24(2,3)22(30)17-27-14-15-28(23(27)19-8-12-21(13-9-19)29(31)32)25-16-18-6-10-20(11-7-18)26(4)5/h6-16H,17H2,1-5H3/q+1. The summed E-state index contributed by atoms with van der Waals surface area (Å²) in [5.41, 5.74) is 2.26. The Labute approximate surface area is 187 Å². The van der Waals surface area contributed by atoms with Crippen molar-refractivity contribution in [2.45, 2.75) is 27.3 Å². The second kappa shape index (κ2) is 9.13. The third-order valence-electron chi connectivity index (χ3n) is 5.10. The number of benzene rings is 2. The first-order chi connectivity index (χ1) is 15.1. The summed E-state index contributed by atoms with van der Waals surface area (Å²) < 4.78 is 3.50. The molecule has 0 radical (unpaired) electrons. The molecule has 8 nitrogen and oxygen atoms in total. The minimum absolute atomic E-state index is 0.00802. The number of anilines is 1. The number of hydrogen-bond donors (Lipinski definition) is 0. The molecule has 0 fully saturated rings. The van der Waals surface area contributed by atoms with Crippen molar-refractivity contribution in [2.75, 3.05) is 19.0 Å². The van der Waals surface area contributed by atoms with Crippen molar-refractivity contribution in [3.05, 3.63) is 76.6 Å². The molecule has 0 aliphatic carbocycles. The van der Waals surface area contributed by atoms with E-state index < -0.39 is 10.3 Å². The molecule has 0 atom stereocenters. The molecule has 1 aromatic heterocycles. The number of rotatable bonds is 7. The lowest BCUT2D eigenvalue weighted by atomic mass is 9.91. The Kier molecular flexibility index (Phi) is 6.53. The topological polar surface area (TPSA) is 84.6 Å². The van der Waals surface area contributed by atoms with E-state index in [1.54, 1.807) is 35.4 Å². The summed E-state index contributed by atoms with van der Waals surface area (Å²) in [6.07, 6.45) is 5.31. The first-order valence-corrected chi connectivity index (χ1v) is 10.3. The Morgan fingerprint density at radius 1 is 1.12 bits per heavy atom. The molecule has 0 saturated carbocycles. The van der Waals surface area contributed by atoms with Crippen molar-refractivity contribution in [2.24, 2.45) is 10.5 Å². The second-order valence-electron chi connectivity index (χ2n) is 8.80. The molecule has 0 amide bonds. The van der Waals surface area contributed by atoms with Crippen LogP contribution in [0.1, 0.15) is 26.3 Å². The van der Waals surface area contributed by atoms with Crippen LogP contribution in [0.2, 0.25) is 0 Å². The Morgan fingerprint density at radius 2 is 1.75 bits per heavy atom. The Balaban J connectivity index is 1.99. The molecule has 0 unspecified atom stereocenters. The molecule has 8 heteroatoms. The lowest BCUT2D eigenvalue weighted by Gasteiger charge is -2.15. The fourth-order valence-corrected chi connectivity index (χ4v) is 3.05. The van der Waals surface area contributed by atoms with Gasteiger partial charge in [-0.2, -0.15) is 0 Å². The number of aromatic nitrogens is 2. The van der Waals surface area contributed by atoms with E-state index in [1.165, 1.54) is 12.1 Å². The minimum Gasteiger partial charge on any atom is -0.378 e. The molecule has 0 saturated heterocycles. The van der Waals surface area contributed by atoms with Crippen LogP contribution in [0.5, 0.6) is 0 Å². The maximum absolute atomic E-state index is 12.7. The van der Waals surface area contributed by atoms with Crippen LogP contribution in [-0.4, -0.2) is 35.7 Å². The summed E-state index contributed by atoms with van der Waals surface area (Å²) in [5.74, 6) is 0.741.